The van der Waals surface area contributed by atoms with E-state index in [4.69, 9.17) is 0 Å². The Kier molecular flexibility index (Phi) is 4.55. The molecule has 2 N–H and O–H groups in total. The van der Waals surface area contributed by atoms with Crippen LogP contribution < -0.4 is 10.6 Å². The molecule has 1 aliphatic rings. The molecule has 1 aromatic heterocycles. The highest BCUT2D eigenvalue weighted by Crippen LogP contribution is 2.18. The maximum Gasteiger partial charge on any atom is 0.257 e. The second kappa shape index (κ2) is 6.36. The summed E-state index contributed by atoms with van der Waals surface area (Å²) < 4.78 is 0. The van der Waals surface area contributed by atoms with Crippen LogP contribution in [0.25, 0.3) is 0 Å². The van der Waals surface area contributed by atoms with Gasteiger partial charge in [-0.2, -0.15) is 0 Å². The lowest BCUT2D eigenvalue weighted by Gasteiger charge is -2.20. The zero-order valence-corrected chi connectivity index (χ0v) is 11.9. The third-order valence-corrected chi connectivity index (χ3v) is 3.19. The largest absolute Gasteiger partial charge is 0.385 e. The molecular formula is C14H20N4O2. The quantitative estimate of drug-likeness (QED) is 0.855. The zero-order valence-electron chi connectivity index (χ0n) is 11.9. The minimum absolute atomic E-state index is 0.109. The Morgan fingerprint density at radius 2 is 2.35 bits per heavy atom. The van der Waals surface area contributed by atoms with Crippen LogP contribution in [0.4, 0.5) is 5.69 Å². The minimum atomic E-state index is -0.148. The fourth-order valence-electron chi connectivity index (χ4n) is 2.22. The molecule has 1 aromatic rings. The van der Waals surface area contributed by atoms with Gasteiger partial charge in [0, 0.05) is 31.5 Å². The van der Waals surface area contributed by atoms with Crippen molar-refractivity contribution < 1.29 is 9.59 Å². The summed E-state index contributed by atoms with van der Waals surface area (Å²) in [6.07, 6.45) is 2.35. The lowest BCUT2D eigenvalue weighted by Crippen LogP contribution is -2.37. The molecule has 1 aliphatic heterocycles. The molecule has 0 bridgehead atoms. The van der Waals surface area contributed by atoms with Gasteiger partial charge in [0.15, 0.2) is 0 Å². The van der Waals surface area contributed by atoms with Crippen LogP contribution >= 0.6 is 0 Å². The van der Waals surface area contributed by atoms with E-state index in [1.54, 1.807) is 11.1 Å². The molecule has 0 unspecified atom stereocenters. The van der Waals surface area contributed by atoms with E-state index >= 15 is 0 Å². The molecule has 0 radical (unpaired) electrons. The molecule has 0 atom stereocenters. The number of aromatic nitrogens is 1. The number of carbonyl (C=O) groups excluding carboxylic acids is 2. The molecule has 2 heterocycles. The van der Waals surface area contributed by atoms with Gasteiger partial charge >= 0.3 is 0 Å². The highest BCUT2D eigenvalue weighted by Gasteiger charge is 2.23. The van der Waals surface area contributed by atoms with E-state index in [-0.39, 0.29) is 18.4 Å². The second-order valence-electron chi connectivity index (χ2n) is 4.83. The van der Waals surface area contributed by atoms with Gasteiger partial charge in [-0.05, 0) is 26.3 Å². The number of nitrogens with zero attached hydrogens (tertiary/aromatic N) is 2. The highest BCUT2D eigenvalue weighted by molar-refractivity contribution is 6.01. The van der Waals surface area contributed by atoms with Crippen molar-refractivity contribution in [3.63, 3.8) is 0 Å². The van der Waals surface area contributed by atoms with Gasteiger partial charge in [-0.3, -0.25) is 14.6 Å². The Morgan fingerprint density at radius 1 is 1.55 bits per heavy atom. The number of hydrogen-bond donors (Lipinski definition) is 2. The summed E-state index contributed by atoms with van der Waals surface area (Å²) in [6, 6.07) is 1.86. The van der Waals surface area contributed by atoms with Gasteiger partial charge in [-0.1, -0.05) is 0 Å². The predicted molar refractivity (Wildman–Crippen MR) is 76.7 cm³/mol. The first-order valence-electron chi connectivity index (χ1n) is 6.88. The van der Waals surface area contributed by atoms with Crippen LogP contribution in [0.2, 0.25) is 0 Å². The maximum atomic E-state index is 12.6. The number of nitrogens with one attached hydrogen (secondary N) is 2. The van der Waals surface area contributed by atoms with Crippen LogP contribution in [0.1, 0.15) is 29.4 Å². The summed E-state index contributed by atoms with van der Waals surface area (Å²) in [7, 11) is 0. The van der Waals surface area contributed by atoms with Crippen molar-refractivity contribution in [3.8, 4) is 0 Å². The molecule has 0 saturated carbocycles. The fourth-order valence-corrected chi connectivity index (χ4v) is 2.22. The van der Waals surface area contributed by atoms with Crippen LogP contribution in [0, 0.1) is 6.92 Å². The van der Waals surface area contributed by atoms with Crippen molar-refractivity contribution in [2.24, 2.45) is 0 Å². The van der Waals surface area contributed by atoms with E-state index in [2.05, 4.69) is 15.6 Å². The van der Waals surface area contributed by atoms with E-state index < -0.39 is 0 Å². The van der Waals surface area contributed by atoms with Gasteiger partial charge in [0.1, 0.15) is 0 Å². The monoisotopic (exact) mass is 276 g/mol. The molecule has 20 heavy (non-hydrogen) atoms. The molecule has 1 saturated heterocycles. The maximum absolute atomic E-state index is 12.6. The van der Waals surface area contributed by atoms with Crippen LogP contribution in [0.3, 0.4) is 0 Å². The number of hydrogen-bond acceptors (Lipinski definition) is 4. The van der Waals surface area contributed by atoms with Crippen molar-refractivity contribution in [2.45, 2.75) is 20.3 Å². The van der Waals surface area contributed by atoms with Gasteiger partial charge in [-0.15, -0.1) is 0 Å². The van der Waals surface area contributed by atoms with Gasteiger partial charge in [0.25, 0.3) is 5.91 Å². The molecule has 0 aliphatic carbocycles. The Bertz CT molecular complexity index is 516. The number of rotatable bonds is 3. The second-order valence-corrected chi connectivity index (χ2v) is 4.83. The van der Waals surface area contributed by atoms with Gasteiger partial charge in [-0.25, -0.2) is 0 Å². The summed E-state index contributed by atoms with van der Waals surface area (Å²) in [6.45, 7) is 5.90. The van der Waals surface area contributed by atoms with Crippen molar-refractivity contribution in [1.29, 1.82) is 0 Å². The SMILES string of the molecule is CCNc1cc(C)ncc1C(=O)N1CCCNC(=O)C1. The smallest absolute Gasteiger partial charge is 0.257 e. The molecule has 0 aromatic carbocycles. The van der Waals surface area contributed by atoms with Crippen LogP contribution in [-0.4, -0.2) is 47.9 Å². The molecule has 2 amide bonds. The fraction of sp³-hybridized carbons (Fsp3) is 0.500. The first-order chi connectivity index (χ1) is 9.61. The van der Waals surface area contributed by atoms with Gasteiger partial charge in [0.2, 0.25) is 5.91 Å². The lowest BCUT2D eigenvalue weighted by molar-refractivity contribution is -0.121. The zero-order chi connectivity index (χ0) is 14.5. The van der Waals surface area contributed by atoms with E-state index in [0.29, 0.717) is 18.7 Å². The summed E-state index contributed by atoms with van der Waals surface area (Å²) in [5.41, 5.74) is 2.15. The van der Waals surface area contributed by atoms with Crippen molar-refractivity contribution in [2.75, 3.05) is 31.5 Å². The molecule has 6 heteroatoms. The first kappa shape index (κ1) is 14.3. The lowest BCUT2D eigenvalue weighted by atomic mass is 10.1. The van der Waals surface area contributed by atoms with Crippen molar-refractivity contribution >= 4 is 17.5 Å². The normalized spacial score (nSPS) is 15.5. The molecule has 6 nitrogen and oxygen atoms in total. The number of carbonyl (C=O) groups is 2. The Hall–Kier alpha value is -2.11. The topological polar surface area (TPSA) is 74.3 Å². The number of aryl methyl sites for hydroxylation is 1. The van der Waals surface area contributed by atoms with Crippen molar-refractivity contribution in [3.05, 3.63) is 23.5 Å². The summed E-state index contributed by atoms with van der Waals surface area (Å²) in [4.78, 5) is 29.9. The molecule has 0 spiro atoms. The van der Waals surface area contributed by atoms with E-state index in [1.807, 2.05) is 19.9 Å². The standard InChI is InChI=1S/C14H20N4O2/c1-3-15-12-7-10(2)17-8-11(12)14(20)18-6-4-5-16-13(19)9-18/h7-8H,3-6,9H2,1-2H3,(H,15,17)(H,16,19). The molecule has 2 rings (SSSR count). The van der Waals surface area contributed by atoms with Crippen LogP contribution in [-0.2, 0) is 4.79 Å². The minimum Gasteiger partial charge on any atom is -0.385 e. The van der Waals surface area contributed by atoms with Crippen molar-refractivity contribution in [1.82, 2.24) is 15.2 Å². The van der Waals surface area contributed by atoms with Crippen LogP contribution in [0.15, 0.2) is 12.3 Å². The first-order valence-corrected chi connectivity index (χ1v) is 6.88. The van der Waals surface area contributed by atoms with E-state index in [0.717, 1.165) is 24.3 Å². The predicted octanol–water partition coefficient (Wildman–Crippen LogP) is 0.784. The van der Waals surface area contributed by atoms with E-state index in [1.165, 1.54) is 0 Å². The average Bonchev–Trinajstić information content (AvgIpc) is 2.63. The number of anilines is 1. The van der Waals surface area contributed by atoms with E-state index in [9.17, 15) is 9.59 Å². The third kappa shape index (κ3) is 3.26. The van der Waals surface area contributed by atoms with Gasteiger partial charge in [0.05, 0.1) is 17.8 Å². The number of amides is 2. The summed E-state index contributed by atoms with van der Waals surface area (Å²) in [5.74, 6) is -0.258. The molecule has 108 valence electrons. The van der Waals surface area contributed by atoms with Crippen LogP contribution in [0.5, 0.6) is 0 Å². The third-order valence-electron chi connectivity index (χ3n) is 3.19. The summed E-state index contributed by atoms with van der Waals surface area (Å²) in [5, 5.41) is 5.94. The number of pyridine rings is 1. The Balaban J connectivity index is 2.25. The molecule has 1 fully saturated rings. The summed E-state index contributed by atoms with van der Waals surface area (Å²) >= 11 is 0. The van der Waals surface area contributed by atoms with Gasteiger partial charge < -0.3 is 15.5 Å². The average molecular weight is 276 g/mol. The highest BCUT2D eigenvalue weighted by atomic mass is 16.2. The Morgan fingerprint density at radius 3 is 3.10 bits per heavy atom. The Labute approximate surface area is 118 Å². The molecular weight excluding hydrogens is 256 g/mol.